The van der Waals surface area contributed by atoms with Gasteiger partial charge in [0.15, 0.2) is 5.17 Å². The molecule has 2 atom stereocenters. The summed E-state index contributed by atoms with van der Waals surface area (Å²) in [5.74, 6) is 1.41. The molecule has 1 saturated heterocycles. The van der Waals surface area contributed by atoms with Crippen LogP contribution in [0.1, 0.15) is 13.8 Å². The highest BCUT2D eigenvalue weighted by atomic mass is 32.2. The maximum Gasteiger partial charge on any atom is 0.208 e. The standard InChI is InChI=1S/C9H15N3S/c1-7-4-12(5-8(7)2)9(13-3)11-6-10/h7-8H,4-5H2,1-3H3. The molecule has 0 aromatic heterocycles. The van der Waals surface area contributed by atoms with E-state index in [0.717, 1.165) is 18.3 Å². The van der Waals surface area contributed by atoms with Gasteiger partial charge in [0.05, 0.1) is 0 Å². The van der Waals surface area contributed by atoms with Crippen molar-refractivity contribution in [2.24, 2.45) is 16.8 Å². The van der Waals surface area contributed by atoms with E-state index in [1.165, 1.54) is 0 Å². The molecule has 1 aliphatic heterocycles. The Kier molecular flexibility index (Phi) is 3.61. The van der Waals surface area contributed by atoms with E-state index in [-0.39, 0.29) is 0 Å². The van der Waals surface area contributed by atoms with Crippen molar-refractivity contribution in [3.05, 3.63) is 0 Å². The second-order valence-electron chi connectivity index (χ2n) is 3.56. The van der Waals surface area contributed by atoms with Crippen LogP contribution >= 0.6 is 11.8 Å². The predicted octanol–water partition coefficient (Wildman–Crippen LogP) is 1.77. The largest absolute Gasteiger partial charge is 0.350 e. The number of hydrogen-bond donors (Lipinski definition) is 0. The topological polar surface area (TPSA) is 39.4 Å². The van der Waals surface area contributed by atoms with Crippen molar-refractivity contribution in [2.45, 2.75) is 13.8 Å². The van der Waals surface area contributed by atoms with Crippen LogP contribution in [-0.2, 0) is 0 Å². The Hall–Kier alpha value is -0.690. The molecule has 1 fully saturated rings. The molecule has 2 unspecified atom stereocenters. The maximum absolute atomic E-state index is 8.48. The fourth-order valence-electron chi connectivity index (χ4n) is 1.57. The molecule has 72 valence electrons. The second-order valence-corrected chi connectivity index (χ2v) is 4.33. The molecule has 4 heteroatoms. The summed E-state index contributed by atoms with van der Waals surface area (Å²) < 4.78 is 0. The zero-order valence-corrected chi connectivity index (χ0v) is 9.14. The monoisotopic (exact) mass is 197 g/mol. The van der Waals surface area contributed by atoms with Crippen LogP contribution in [0.5, 0.6) is 0 Å². The van der Waals surface area contributed by atoms with Gasteiger partial charge in [-0.2, -0.15) is 5.26 Å². The maximum atomic E-state index is 8.48. The van der Waals surface area contributed by atoms with Crippen LogP contribution in [0, 0.1) is 23.3 Å². The zero-order valence-electron chi connectivity index (χ0n) is 8.32. The van der Waals surface area contributed by atoms with Gasteiger partial charge in [-0.25, -0.2) is 0 Å². The molecule has 0 amide bonds. The van der Waals surface area contributed by atoms with Crippen LogP contribution in [0.2, 0.25) is 0 Å². The van der Waals surface area contributed by atoms with Gasteiger partial charge in [0.1, 0.15) is 0 Å². The minimum atomic E-state index is 0.705. The summed E-state index contributed by atoms with van der Waals surface area (Å²) in [5.41, 5.74) is 0. The predicted molar refractivity (Wildman–Crippen MR) is 56.5 cm³/mol. The molecule has 1 rings (SSSR count). The Balaban J connectivity index is 2.64. The van der Waals surface area contributed by atoms with E-state index in [9.17, 15) is 0 Å². The van der Waals surface area contributed by atoms with Gasteiger partial charge >= 0.3 is 0 Å². The smallest absolute Gasteiger partial charge is 0.208 e. The van der Waals surface area contributed by atoms with E-state index in [0.29, 0.717) is 11.8 Å². The van der Waals surface area contributed by atoms with Crippen LogP contribution in [0.3, 0.4) is 0 Å². The number of aliphatic imine (C=N–C) groups is 1. The Morgan fingerprint density at radius 2 is 2.00 bits per heavy atom. The first kappa shape index (κ1) is 10.4. The van der Waals surface area contributed by atoms with E-state index in [1.54, 1.807) is 11.8 Å². The number of nitrogens with zero attached hydrogens (tertiary/aromatic N) is 3. The van der Waals surface area contributed by atoms with Crippen LogP contribution in [0.15, 0.2) is 4.99 Å². The fraction of sp³-hybridized carbons (Fsp3) is 0.778. The number of rotatable bonds is 0. The fourth-order valence-corrected chi connectivity index (χ4v) is 2.11. The summed E-state index contributed by atoms with van der Waals surface area (Å²) in [6.45, 7) is 6.55. The lowest BCUT2D eigenvalue weighted by Crippen LogP contribution is -2.26. The first-order valence-electron chi connectivity index (χ1n) is 4.44. The molecule has 0 aliphatic carbocycles. The van der Waals surface area contributed by atoms with Crippen molar-refractivity contribution >= 4 is 16.9 Å². The number of likely N-dealkylation sites (tertiary alicyclic amines) is 1. The van der Waals surface area contributed by atoms with Gasteiger partial charge in [0.2, 0.25) is 6.19 Å². The van der Waals surface area contributed by atoms with Gasteiger partial charge in [0.25, 0.3) is 0 Å². The molecule has 13 heavy (non-hydrogen) atoms. The second kappa shape index (κ2) is 4.52. The number of thioether (sulfide) groups is 1. The molecule has 0 aromatic rings. The SMILES string of the molecule is CSC(=NC#N)N1CC(C)C(C)C1. The summed E-state index contributed by atoms with van der Waals surface area (Å²) in [4.78, 5) is 6.00. The lowest BCUT2D eigenvalue weighted by atomic mass is 10.0. The highest BCUT2D eigenvalue weighted by Crippen LogP contribution is 2.24. The average Bonchev–Trinajstić information content (AvgIpc) is 2.43. The quantitative estimate of drug-likeness (QED) is 0.337. The van der Waals surface area contributed by atoms with Crippen molar-refractivity contribution < 1.29 is 0 Å². The minimum Gasteiger partial charge on any atom is -0.350 e. The van der Waals surface area contributed by atoms with Crippen LogP contribution in [-0.4, -0.2) is 29.4 Å². The third kappa shape index (κ3) is 2.38. The molecule has 0 saturated carbocycles. The van der Waals surface area contributed by atoms with Gasteiger partial charge in [0, 0.05) is 13.1 Å². The lowest BCUT2D eigenvalue weighted by Gasteiger charge is -2.17. The average molecular weight is 197 g/mol. The summed E-state index contributed by atoms with van der Waals surface area (Å²) in [6.07, 6.45) is 3.81. The summed E-state index contributed by atoms with van der Waals surface area (Å²) in [7, 11) is 0. The lowest BCUT2D eigenvalue weighted by molar-refractivity contribution is 0.494. The van der Waals surface area contributed by atoms with Crippen molar-refractivity contribution in [3.8, 4) is 6.19 Å². The minimum absolute atomic E-state index is 0.705. The highest BCUT2D eigenvalue weighted by Gasteiger charge is 2.27. The molecule has 0 spiro atoms. The third-order valence-corrected chi connectivity index (χ3v) is 3.30. The van der Waals surface area contributed by atoms with Gasteiger partial charge in [-0.1, -0.05) is 25.6 Å². The van der Waals surface area contributed by atoms with Crippen LogP contribution < -0.4 is 0 Å². The normalized spacial score (nSPS) is 29.1. The highest BCUT2D eigenvalue weighted by molar-refractivity contribution is 8.13. The van der Waals surface area contributed by atoms with Crippen molar-refractivity contribution in [2.75, 3.05) is 19.3 Å². The van der Waals surface area contributed by atoms with Crippen molar-refractivity contribution in [1.29, 1.82) is 5.26 Å². The van der Waals surface area contributed by atoms with Gasteiger partial charge in [-0.15, -0.1) is 4.99 Å². The summed E-state index contributed by atoms with van der Waals surface area (Å²) in [5, 5.41) is 9.34. The Labute approximate surface area is 83.8 Å². The molecule has 1 heterocycles. The summed E-state index contributed by atoms with van der Waals surface area (Å²) in [6, 6.07) is 0. The molecule has 0 radical (unpaired) electrons. The van der Waals surface area contributed by atoms with Gasteiger partial charge in [-0.3, -0.25) is 0 Å². The van der Waals surface area contributed by atoms with Crippen LogP contribution in [0.4, 0.5) is 0 Å². The Bertz CT molecular complexity index is 234. The first-order chi connectivity index (χ1) is 6.19. The summed E-state index contributed by atoms with van der Waals surface area (Å²) >= 11 is 1.55. The number of nitriles is 1. The van der Waals surface area contributed by atoms with Crippen LogP contribution in [0.25, 0.3) is 0 Å². The molecular weight excluding hydrogens is 182 g/mol. The zero-order chi connectivity index (χ0) is 9.84. The molecule has 0 aromatic carbocycles. The number of amidine groups is 1. The molecule has 0 N–H and O–H groups in total. The van der Waals surface area contributed by atoms with E-state index in [4.69, 9.17) is 5.26 Å². The van der Waals surface area contributed by atoms with E-state index in [1.807, 2.05) is 12.4 Å². The van der Waals surface area contributed by atoms with E-state index >= 15 is 0 Å². The molecular formula is C9H15N3S. The molecule has 1 aliphatic rings. The first-order valence-corrected chi connectivity index (χ1v) is 5.67. The van der Waals surface area contributed by atoms with Crippen molar-refractivity contribution in [3.63, 3.8) is 0 Å². The number of hydrogen-bond acceptors (Lipinski definition) is 3. The Morgan fingerprint density at radius 3 is 2.38 bits per heavy atom. The third-order valence-electron chi connectivity index (χ3n) is 2.59. The molecule has 0 bridgehead atoms. The van der Waals surface area contributed by atoms with Crippen molar-refractivity contribution in [1.82, 2.24) is 4.90 Å². The Morgan fingerprint density at radius 1 is 1.46 bits per heavy atom. The van der Waals surface area contributed by atoms with E-state index < -0.39 is 0 Å². The van der Waals surface area contributed by atoms with E-state index in [2.05, 4.69) is 23.7 Å². The molecule has 3 nitrogen and oxygen atoms in total. The van der Waals surface area contributed by atoms with Gasteiger partial charge in [-0.05, 0) is 18.1 Å². The van der Waals surface area contributed by atoms with Gasteiger partial charge < -0.3 is 4.90 Å².